The smallest absolute Gasteiger partial charge is 0.338 e. The van der Waals surface area contributed by atoms with Crippen LogP contribution in [0, 0.1) is 11.6 Å². The number of nitrogens with one attached hydrogen (secondary N) is 2. The summed E-state index contributed by atoms with van der Waals surface area (Å²) in [5.74, 6) is -2.38. The molecule has 1 aromatic heterocycles. The van der Waals surface area contributed by atoms with Gasteiger partial charge in [0.05, 0.1) is 17.7 Å². The van der Waals surface area contributed by atoms with Gasteiger partial charge >= 0.3 is 5.97 Å². The largest absolute Gasteiger partial charge is 0.462 e. The van der Waals surface area contributed by atoms with Crippen molar-refractivity contribution in [2.45, 2.75) is 6.92 Å². The van der Waals surface area contributed by atoms with E-state index >= 15 is 0 Å². The van der Waals surface area contributed by atoms with Crippen molar-refractivity contribution in [1.29, 1.82) is 0 Å². The van der Waals surface area contributed by atoms with Crippen LogP contribution in [0.4, 0.5) is 26.0 Å². The maximum atomic E-state index is 13.6. The molecule has 1 amide bonds. The third-order valence-corrected chi connectivity index (χ3v) is 3.90. The van der Waals surface area contributed by atoms with Crippen LogP contribution in [0.1, 0.15) is 27.6 Å². The molecule has 3 rings (SSSR count). The summed E-state index contributed by atoms with van der Waals surface area (Å²) >= 11 is 0. The third-order valence-electron chi connectivity index (χ3n) is 3.90. The normalized spacial score (nSPS) is 10.3. The highest BCUT2D eigenvalue weighted by Gasteiger charge is 2.14. The lowest BCUT2D eigenvalue weighted by molar-refractivity contribution is 0.0526. The van der Waals surface area contributed by atoms with Gasteiger partial charge < -0.3 is 15.4 Å². The molecule has 0 atom stereocenters. The number of amides is 1. The fourth-order valence-electron chi connectivity index (χ4n) is 2.46. The fraction of sp³-hybridized carbons (Fsp3) is 0.0952. The summed E-state index contributed by atoms with van der Waals surface area (Å²) in [6.45, 7) is 2.03. The highest BCUT2D eigenvalue weighted by molar-refractivity contribution is 6.04. The predicted octanol–water partition coefficient (Wildman–Crippen LogP) is 4.53. The van der Waals surface area contributed by atoms with Crippen molar-refractivity contribution >= 4 is 29.1 Å². The molecule has 0 fully saturated rings. The molecule has 148 valence electrons. The number of benzene rings is 2. The van der Waals surface area contributed by atoms with Crippen molar-refractivity contribution in [2.75, 3.05) is 17.2 Å². The van der Waals surface area contributed by atoms with Crippen LogP contribution in [0.15, 0.2) is 60.8 Å². The molecule has 29 heavy (non-hydrogen) atoms. The van der Waals surface area contributed by atoms with Crippen molar-refractivity contribution in [3.05, 3.63) is 83.6 Å². The minimum atomic E-state index is -0.865. The Kier molecular flexibility index (Phi) is 6.13. The monoisotopic (exact) mass is 397 g/mol. The van der Waals surface area contributed by atoms with Gasteiger partial charge in [0.2, 0.25) is 0 Å². The number of pyridine rings is 1. The zero-order chi connectivity index (χ0) is 20.8. The molecule has 0 unspecified atom stereocenters. The van der Waals surface area contributed by atoms with Crippen molar-refractivity contribution in [2.24, 2.45) is 0 Å². The summed E-state index contributed by atoms with van der Waals surface area (Å²) in [6.07, 6.45) is 1.28. The van der Waals surface area contributed by atoms with Gasteiger partial charge in [-0.3, -0.25) is 4.79 Å². The van der Waals surface area contributed by atoms with Crippen molar-refractivity contribution in [3.8, 4) is 0 Å². The summed E-state index contributed by atoms with van der Waals surface area (Å²) < 4.78 is 32.2. The lowest BCUT2D eigenvalue weighted by atomic mass is 10.2. The first-order chi connectivity index (χ1) is 14.0. The number of halogens is 2. The summed E-state index contributed by atoms with van der Waals surface area (Å²) in [5.41, 5.74) is 0.728. The summed E-state index contributed by atoms with van der Waals surface area (Å²) in [4.78, 5) is 28.0. The van der Waals surface area contributed by atoms with E-state index in [2.05, 4.69) is 15.6 Å². The van der Waals surface area contributed by atoms with Gasteiger partial charge in [-0.1, -0.05) is 6.07 Å². The van der Waals surface area contributed by atoms with Crippen molar-refractivity contribution in [1.82, 2.24) is 4.98 Å². The first kappa shape index (κ1) is 19.9. The Hall–Kier alpha value is -3.81. The van der Waals surface area contributed by atoms with E-state index in [0.717, 1.165) is 12.1 Å². The molecule has 2 aromatic carbocycles. The van der Waals surface area contributed by atoms with E-state index in [-0.39, 0.29) is 5.56 Å². The second kappa shape index (κ2) is 8.92. The van der Waals surface area contributed by atoms with Crippen molar-refractivity contribution < 1.29 is 23.1 Å². The number of para-hydroxylation sites is 1. The zero-order valence-electron chi connectivity index (χ0n) is 15.4. The molecule has 0 aliphatic rings. The molecule has 0 bridgehead atoms. The minimum absolute atomic E-state index is 0.135. The molecule has 3 aromatic rings. The van der Waals surface area contributed by atoms with Crippen LogP contribution in [0.25, 0.3) is 0 Å². The first-order valence-electron chi connectivity index (χ1n) is 8.73. The summed E-state index contributed by atoms with van der Waals surface area (Å²) in [6, 6.07) is 12.9. The Bertz CT molecular complexity index is 1000. The Morgan fingerprint density at radius 3 is 2.21 bits per heavy atom. The van der Waals surface area contributed by atoms with Gasteiger partial charge in [0, 0.05) is 11.9 Å². The lowest BCUT2D eigenvalue weighted by Crippen LogP contribution is -2.14. The Labute approximate surface area is 165 Å². The van der Waals surface area contributed by atoms with Crippen LogP contribution in [0.5, 0.6) is 0 Å². The molecule has 8 heteroatoms. The van der Waals surface area contributed by atoms with E-state index in [1.165, 1.54) is 18.3 Å². The van der Waals surface area contributed by atoms with Crippen LogP contribution >= 0.6 is 0 Å². The fourth-order valence-corrected chi connectivity index (χ4v) is 2.46. The molecule has 0 saturated carbocycles. The van der Waals surface area contributed by atoms with E-state index in [4.69, 9.17) is 4.74 Å². The lowest BCUT2D eigenvalue weighted by Gasteiger charge is -2.09. The number of hydrogen-bond acceptors (Lipinski definition) is 5. The number of hydrogen-bond donors (Lipinski definition) is 2. The van der Waals surface area contributed by atoms with Crippen molar-refractivity contribution in [3.63, 3.8) is 0 Å². The van der Waals surface area contributed by atoms with Gasteiger partial charge in [-0.25, -0.2) is 18.6 Å². The summed E-state index contributed by atoms with van der Waals surface area (Å²) in [7, 11) is 0. The maximum Gasteiger partial charge on any atom is 0.338 e. The van der Waals surface area contributed by atoms with Crippen LogP contribution in [-0.2, 0) is 4.74 Å². The number of esters is 1. The number of aromatic nitrogens is 1. The maximum absolute atomic E-state index is 13.6. The van der Waals surface area contributed by atoms with Gasteiger partial charge in [-0.2, -0.15) is 0 Å². The van der Waals surface area contributed by atoms with E-state index in [9.17, 15) is 18.4 Å². The highest BCUT2D eigenvalue weighted by atomic mass is 19.1. The Balaban J connectivity index is 1.65. The van der Waals surface area contributed by atoms with Crippen LogP contribution in [0.2, 0.25) is 0 Å². The van der Waals surface area contributed by atoms with Crippen LogP contribution < -0.4 is 10.6 Å². The van der Waals surface area contributed by atoms with E-state index in [0.29, 0.717) is 23.7 Å². The number of carbonyl (C=O) groups is 2. The highest BCUT2D eigenvalue weighted by Crippen LogP contribution is 2.20. The van der Waals surface area contributed by atoms with Gasteiger partial charge in [-0.15, -0.1) is 0 Å². The SMILES string of the molecule is CCOC(=O)c1ccc(Nc2ccc(C(=O)Nc3c(F)cccc3F)cn2)cc1. The molecule has 0 spiro atoms. The Morgan fingerprint density at radius 1 is 0.966 bits per heavy atom. The molecule has 0 saturated heterocycles. The number of ether oxygens (including phenoxy) is 1. The van der Waals surface area contributed by atoms with E-state index in [1.807, 2.05) is 0 Å². The average Bonchev–Trinajstić information content (AvgIpc) is 2.72. The molecule has 2 N–H and O–H groups in total. The second-order valence-corrected chi connectivity index (χ2v) is 5.91. The number of nitrogens with zero attached hydrogens (tertiary/aromatic N) is 1. The standard InChI is InChI=1S/C21H17F2N3O3/c1-2-29-21(28)13-6-9-15(10-7-13)25-18-11-8-14(12-24-18)20(27)26-19-16(22)4-3-5-17(19)23/h3-12H,2H2,1H3,(H,24,25)(H,26,27). The zero-order valence-corrected chi connectivity index (χ0v) is 15.4. The molecule has 0 aliphatic carbocycles. The minimum Gasteiger partial charge on any atom is -0.462 e. The van der Waals surface area contributed by atoms with Gasteiger partial charge in [-0.05, 0) is 55.5 Å². The van der Waals surface area contributed by atoms with Gasteiger partial charge in [0.15, 0.2) is 0 Å². The number of anilines is 3. The molecule has 6 nitrogen and oxygen atoms in total. The van der Waals surface area contributed by atoms with E-state index < -0.39 is 29.2 Å². The molecule has 0 radical (unpaired) electrons. The first-order valence-corrected chi connectivity index (χ1v) is 8.73. The van der Waals surface area contributed by atoms with E-state index in [1.54, 1.807) is 37.3 Å². The molecule has 1 heterocycles. The van der Waals surface area contributed by atoms with Crippen LogP contribution in [0.3, 0.4) is 0 Å². The quantitative estimate of drug-likeness (QED) is 0.598. The molecular weight excluding hydrogens is 380 g/mol. The summed E-state index contributed by atoms with van der Waals surface area (Å²) in [5, 5.41) is 5.22. The Morgan fingerprint density at radius 2 is 1.62 bits per heavy atom. The number of rotatable bonds is 6. The molecular formula is C21H17F2N3O3. The average molecular weight is 397 g/mol. The third kappa shape index (κ3) is 4.92. The topological polar surface area (TPSA) is 80.3 Å². The van der Waals surface area contributed by atoms with Gasteiger partial charge in [0.25, 0.3) is 5.91 Å². The molecule has 0 aliphatic heterocycles. The number of carbonyl (C=O) groups excluding carboxylic acids is 2. The van der Waals surface area contributed by atoms with Gasteiger partial charge in [0.1, 0.15) is 23.1 Å². The predicted molar refractivity (Wildman–Crippen MR) is 104 cm³/mol. The van der Waals surface area contributed by atoms with Crippen LogP contribution in [-0.4, -0.2) is 23.5 Å². The second-order valence-electron chi connectivity index (χ2n) is 5.91.